The minimum atomic E-state index is -0.383. The lowest BCUT2D eigenvalue weighted by Crippen LogP contribution is -2.51. The van der Waals surface area contributed by atoms with E-state index in [1.54, 1.807) is 12.1 Å². The van der Waals surface area contributed by atoms with Gasteiger partial charge in [0.25, 0.3) is 0 Å². The topological polar surface area (TPSA) is 59.9 Å². The third-order valence-electron chi connectivity index (χ3n) is 5.63. The van der Waals surface area contributed by atoms with Crippen molar-refractivity contribution in [3.63, 3.8) is 0 Å². The Morgan fingerprint density at radius 1 is 1.20 bits per heavy atom. The van der Waals surface area contributed by atoms with Gasteiger partial charge in [-0.2, -0.15) is 0 Å². The van der Waals surface area contributed by atoms with Crippen LogP contribution in [0.5, 0.6) is 0 Å². The molecule has 30 heavy (non-hydrogen) atoms. The lowest BCUT2D eigenvalue weighted by atomic mass is 9.97. The van der Waals surface area contributed by atoms with Crippen LogP contribution in [-0.2, 0) is 19.7 Å². The summed E-state index contributed by atoms with van der Waals surface area (Å²) in [5.74, 6) is 0.396. The number of hydrogen-bond acceptors (Lipinski definition) is 3. The van der Waals surface area contributed by atoms with Crippen LogP contribution in [0.25, 0.3) is 0 Å². The van der Waals surface area contributed by atoms with Crippen LogP contribution in [0.3, 0.4) is 0 Å². The Morgan fingerprint density at radius 2 is 2.00 bits per heavy atom. The number of benzene rings is 2. The molecule has 0 bridgehead atoms. The number of rotatable bonds is 7. The number of aliphatic hydroxyl groups is 1. The molecule has 1 aliphatic heterocycles. The van der Waals surface area contributed by atoms with Gasteiger partial charge < -0.3 is 15.7 Å². The molecule has 5 nitrogen and oxygen atoms in total. The number of nitrogens with zero attached hydrogens (tertiary/aromatic N) is 2. The Morgan fingerprint density at radius 3 is 2.70 bits per heavy atom. The van der Waals surface area contributed by atoms with E-state index in [1.807, 2.05) is 6.92 Å². The van der Waals surface area contributed by atoms with Gasteiger partial charge in [-0.05, 0) is 49.9 Å². The highest BCUT2D eigenvalue weighted by Gasteiger charge is 2.25. The summed E-state index contributed by atoms with van der Waals surface area (Å²) >= 11 is 0. The summed E-state index contributed by atoms with van der Waals surface area (Å²) in [6, 6.07) is 16.3. The fourth-order valence-corrected chi connectivity index (χ4v) is 3.94. The maximum atomic E-state index is 13.6. The standard InChI is InChI=1S/C24H33FN4O/c1-3-26-24(27-15-20-9-10-23(25)21(14-20)17-30)28-22-11-12-29(18(2)13-22)16-19-7-5-4-6-8-19/h4-10,14,18,22,30H,3,11-13,15-17H2,1-2H3,(H2,26,27,28). The van der Waals surface area contributed by atoms with Gasteiger partial charge in [0, 0.05) is 37.3 Å². The van der Waals surface area contributed by atoms with Gasteiger partial charge >= 0.3 is 0 Å². The molecule has 0 saturated carbocycles. The first-order valence-electron chi connectivity index (χ1n) is 10.8. The summed E-state index contributed by atoms with van der Waals surface area (Å²) in [6.45, 7) is 7.27. The number of piperidine rings is 1. The number of nitrogens with one attached hydrogen (secondary N) is 2. The van der Waals surface area contributed by atoms with Crippen molar-refractivity contribution in [2.45, 2.75) is 58.5 Å². The molecule has 1 aliphatic rings. The van der Waals surface area contributed by atoms with Crippen LogP contribution in [0.2, 0.25) is 0 Å². The normalized spacial score (nSPS) is 20.2. The summed E-state index contributed by atoms with van der Waals surface area (Å²) in [7, 11) is 0. The Balaban J connectivity index is 1.57. The molecular weight excluding hydrogens is 379 g/mol. The molecule has 3 rings (SSSR count). The van der Waals surface area contributed by atoms with Crippen molar-refractivity contribution in [1.82, 2.24) is 15.5 Å². The monoisotopic (exact) mass is 412 g/mol. The third kappa shape index (κ3) is 6.28. The highest BCUT2D eigenvalue weighted by molar-refractivity contribution is 5.80. The predicted molar refractivity (Wildman–Crippen MR) is 120 cm³/mol. The van der Waals surface area contributed by atoms with Gasteiger partial charge in [0.05, 0.1) is 13.2 Å². The van der Waals surface area contributed by atoms with E-state index in [4.69, 9.17) is 0 Å². The number of aliphatic hydroxyl groups excluding tert-OH is 1. The SMILES string of the molecule is CCNC(=NCc1ccc(F)c(CO)c1)NC1CCN(Cc2ccccc2)C(C)C1. The molecule has 3 N–H and O–H groups in total. The summed E-state index contributed by atoms with van der Waals surface area (Å²) in [4.78, 5) is 7.21. The molecule has 0 amide bonds. The quantitative estimate of drug-likeness (QED) is 0.482. The second kappa shape index (κ2) is 11.1. The molecule has 1 saturated heterocycles. The Labute approximate surface area is 179 Å². The van der Waals surface area contributed by atoms with Crippen molar-refractivity contribution >= 4 is 5.96 Å². The average Bonchev–Trinajstić information content (AvgIpc) is 2.76. The van der Waals surface area contributed by atoms with Gasteiger partial charge in [-0.1, -0.05) is 36.4 Å². The summed E-state index contributed by atoms with van der Waals surface area (Å²) < 4.78 is 13.6. The maximum Gasteiger partial charge on any atom is 0.191 e. The molecule has 2 unspecified atom stereocenters. The molecule has 1 heterocycles. The van der Waals surface area contributed by atoms with Crippen molar-refractivity contribution in [2.24, 2.45) is 4.99 Å². The molecule has 6 heteroatoms. The fraction of sp³-hybridized carbons (Fsp3) is 0.458. The third-order valence-corrected chi connectivity index (χ3v) is 5.63. The van der Waals surface area contributed by atoms with Crippen LogP contribution in [-0.4, -0.2) is 41.1 Å². The van der Waals surface area contributed by atoms with E-state index in [2.05, 4.69) is 57.8 Å². The van der Waals surface area contributed by atoms with Crippen LogP contribution in [0.1, 0.15) is 43.4 Å². The van der Waals surface area contributed by atoms with Crippen molar-refractivity contribution in [3.05, 3.63) is 71.0 Å². The molecule has 1 fully saturated rings. The number of halogens is 1. The van der Waals surface area contributed by atoms with Crippen LogP contribution in [0.4, 0.5) is 4.39 Å². The van der Waals surface area contributed by atoms with Crippen LogP contribution < -0.4 is 10.6 Å². The van der Waals surface area contributed by atoms with Crippen LogP contribution in [0, 0.1) is 5.82 Å². The molecule has 162 valence electrons. The number of likely N-dealkylation sites (tertiary alicyclic amines) is 1. The van der Waals surface area contributed by atoms with Crippen molar-refractivity contribution in [3.8, 4) is 0 Å². The minimum Gasteiger partial charge on any atom is -0.392 e. The zero-order valence-electron chi connectivity index (χ0n) is 17.9. The van der Waals surface area contributed by atoms with Crippen molar-refractivity contribution in [1.29, 1.82) is 0 Å². The van der Waals surface area contributed by atoms with E-state index in [-0.39, 0.29) is 12.4 Å². The highest BCUT2D eigenvalue weighted by atomic mass is 19.1. The second-order valence-electron chi connectivity index (χ2n) is 7.95. The second-order valence-corrected chi connectivity index (χ2v) is 7.95. The zero-order chi connectivity index (χ0) is 21.3. The number of aliphatic imine (C=N–C) groups is 1. The number of hydrogen-bond donors (Lipinski definition) is 3. The van der Waals surface area contributed by atoms with E-state index in [9.17, 15) is 9.50 Å². The Kier molecular flexibility index (Phi) is 8.22. The Bertz CT molecular complexity index is 827. The molecule has 2 aromatic rings. The first-order chi connectivity index (χ1) is 14.6. The number of guanidine groups is 1. The largest absolute Gasteiger partial charge is 0.392 e. The Hall–Kier alpha value is -2.44. The molecular formula is C24H33FN4O. The average molecular weight is 413 g/mol. The van der Waals surface area contributed by atoms with Crippen molar-refractivity contribution < 1.29 is 9.50 Å². The predicted octanol–water partition coefficient (Wildman–Crippen LogP) is 3.43. The summed E-state index contributed by atoms with van der Waals surface area (Å²) in [5, 5.41) is 16.1. The van der Waals surface area contributed by atoms with E-state index >= 15 is 0 Å². The van der Waals surface area contributed by atoms with Crippen LogP contribution >= 0.6 is 0 Å². The smallest absolute Gasteiger partial charge is 0.191 e. The van der Waals surface area contributed by atoms with E-state index in [0.29, 0.717) is 24.2 Å². The van der Waals surface area contributed by atoms with Gasteiger partial charge in [0.15, 0.2) is 5.96 Å². The lowest BCUT2D eigenvalue weighted by Gasteiger charge is -2.38. The maximum absolute atomic E-state index is 13.6. The van der Waals surface area contributed by atoms with E-state index < -0.39 is 0 Å². The summed E-state index contributed by atoms with van der Waals surface area (Å²) in [6.07, 6.45) is 2.12. The lowest BCUT2D eigenvalue weighted by molar-refractivity contribution is 0.134. The molecule has 0 aliphatic carbocycles. The van der Waals surface area contributed by atoms with Crippen molar-refractivity contribution in [2.75, 3.05) is 13.1 Å². The fourth-order valence-electron chi connectivity index (χ4n) is 3.94. The minimum absolute atomic E-state index is 0.304. The van der Waals surface area contributed by atoms with Gasteiger partial charge in [-0.3, -0.25) is 4.90 Å². The molecule has 2 atom stereocenters. The van der Waals surface area contributed by atoms with Gasteiger partial charge in [-0.25, -0.2) is 9.38 Å². The zero-order valence-corrected chi connectivity index (χ0v) is 17.9. The van der Waals surface area contributed by atoms with Gasteiger partial charge in [-0.15, -0.1) is 0 Å². The molecule has 0 aromatic heterocycles. The molecule has 0 radical (unpaired) electrons. The summed E-state index contributed by atoms with van der Waals surface area (Å²) in [5.41, 5.74) is 2.54. The molecule has 0 spiro atoms. The highest BCUT2D eigenvalue weighted by Crippen LogP contribution is 2.20. The van der Waals surface area contributed by atoms with Gasteiger partial charge in [0.1, 0.15) is 5.82 Å². The van der Waals surface area contributed by atoms with Gasteiger partial charge in [0.2, 0.25) is 0 Å². The van der Waals surface area contributed by atoms with E-state index in [1.165, 1.54) is 11.6 Å². The first-order valence-corrected chi connectivity index (χ1v) is 10.8. The first kappa shape index (κ1) is 22.2. The van der Waals surface area contributed by atoms with E-state index in [0.717, 1.165) is 44.0 Å². The van der Waals surface area contributed by atoms with Crippen LogP contribution in [0.15, 0.2) is 53.5 Å². The molecule has 2 aromatic carbocycles.